The van der Waals surface area contributed by atoms with E-state index in [9.17, 15) is 0 Å². The third-order valence-electron chi connectivity index (χ3n) is 6.72. The largest absolute Gasteiger partial charge is 0.453 e. The van der Waals surface area contributed by atoms with Gasteiger partial charge in [0.15, 0.2) is 11.5 Å². The Morgan fingerprint density at radius 3 is 2.65 bits per heavy atom. The monoisotopic (exact) mass is 436 g/mol. The molecule has 2 aromatic heterocycles. The highest BCUT2D eigenvalue weighted by Gasteiger charge is 2.23. The molecule has 3 heterocycles. The molecule has 0 saturated heterocycles. The second-order valence-electron chi connectivity index (χ2n) is 8.58. The maximum Gasteiger partial charge on any atom is 0.152 e. The van der Waals surface area contributed by atoms with Crippen LogP contribution in [0.4, 0.5) is 0 Å². The van der Waals surface area contributed by atoms with Crippen molar-refractivity contribution < 1.29 is 4.74 Å². The third-order valence-corrected chi connectivity index (χ3v) is 6.72. The molecule has 0 atom stereocenters. The summed E-state index contributed by atoms with van der Waals surface area (Å²) in [4.78, 5) is 4.68. The average Bonchev–Trinajstić information content (AvgIpc) is 3.21. The Morgan fingerprint density at radius 1 is 0.853 bits per heavy atom. The van der Waals surface area contributed by atoms with Crippen molar-refractivity contribution in [3.63, 3.8) is 0 Å². The van der Waals surface area contributed by atoms with Gasteiger partial charge in [-0.3, -0.25) is 4.98 Å². The maximum atomic E-state index is 6.25. The molecular weight excluding hydrogens is 416 g/mol. The number of fused-ring (bicyclic) bond motifs is 6. The van der Waals surface area contributed by atoms with Crippen molar-refractivity contribution in [1.29, 1.82) is 0 Å². The highest BCUT2D eigenvalue weighted by atomic mass is 16.5. The number of aromatic nitrogens is 2. The van der Waals surface area contributed by atoms with E-state index >= 15 is 0 Å². The van der Waals surface area contributed by atoms with E-state index in [1.54, 1.807) is 0 Å². The first-order valence-electron chi connectivity index (χ1n) is 11.3. The highest BCUT2D eigenvalue weighted by Crippen LogP contribution is 2.45. The summed E-state index contributed by atoms with van der Waals surface area (Å²) in [6, 6.07) is 29.2. The SMILES string of the molecule is C=C/C(c1ccc2c(c1)c1cccc3c1n2-c1ccccc1O3)=c1\c(=C)ccc2cccnc12. The van der Waals surface area contributed by atoms with Crippen LogP contribution in [-0.4, -0.2) is 9.55 Å². The summed E-state index contributed by atoms with van der Waals surface area (Å²) in [5.41, 5.74) is 6.35. The second kappa shape index (κ2) is 6.93. The van der Waals surface area contributed by atoms with Crippen LogP contribution in [0.15, 0.2) is 104 Å². The van der Waals surface area contributed by atoms with Gasteiger partial charge in [0.1, 0.15) is 0 Å². The topological polar surface area (TPSA) is 27.1 Å². The number of allylic oxidation sites excluding steroid dienone is 1. The van der Waals surface area contributed by atoms with E-state index in [-0.39, 0.29) is 0 Å². The van der Waals surface area contributed by atoms with Crippen molar-refractivity contribution in [1.82, 2.24) is 9.55 Å². The molecule has 160 valence electrons. The lowest BCUT2D eigenvalue weighted by atomic mass is 9.98. The van der Waals surface area contributed by atoms with Gasteiger partial charge in [-0.25, -0.2) is 0 Å². The second-order valence-corrected chi connectivity index (χ2v) is 8.58. The first-order valence-corrected chi connectivity index (χ1v) is 11.3. The van der Waals surface area contributed by atoms with Gasteiger partial charge in [0, 0.05) is 27.6 Å². The van der Waals surface area contributed by atoms with Gasteiger partial charge in [0.25, 0.3) is 0 Å². The summed E-state index contributed by atoms with van der Waals surface area (Å²) in [5, 5.41) is 5.39. The summed E-state index contributed by atoms with van der Waals surface area (Å²) in [7, 11) is 0. The van der Waals surface area contributed by atoms with Gasteiger partial charge in [-0.05, 0) is 52.8 Å². The number of ether oxygens (including phenoxy) is 1. The van der Waals surface area contributed by atoms with Gasteiger partial charge in [-0.1, -0.05) is 67.8 Å². The molecule has 34 heavy (non-hydrogen) atoms. The lowest BCUT2D eigenvalue weighted by molar-refractivity contribution is 0.476. The molecule has 0 aliphatic carbocycles. The number of para-hydroxylation sites is 3. The van der Waals surface area contributed by atoms with Crippen LogP contribution >= 0.6 is 0 Å². The van der Waals surface area contributed by atoms with Crippen LogP contribution in [0, 0.1) is 0 Å². The zero-order valence-corrected chi connectivity index (χ0v) is 18.5. The molecule has 4 aromatic carbocycles. The van der Waals surface area contributed by atoms with E-state index < -0.39 is 0 Å². The minimum atomic E-state index is 0.867. The van der Waals surface area contributed by atoms with E-state index in [2.05, 4.69) is 83.4 Å². The number of hydrogen-bond acceptors (Lipinski definition) is 2. The average molecular weight is 437 g/mol. The molecule has 0 unspecified atom stereocenters. The zero-order valence-electron chi connectivity index (χ0n) is 18.5. The quantitative estimate of drug-likeness (QED) is 0.321. The van der Waals surface area contributed by atoms with E-state index in [1.807, 2.05) is 36.5 Å². The summed E-state index contributed by atoms with van der Waals surface area (Å²) < 4.78 is 8.56. The minimum Gasteiger partial charge on any atom is -0.453 e. The Labute approximate surface area is 196 Å². The standard InChI is InChI=1S/C31H20N2O/c1-3-22(29-19(2)13-14-20-8-7-17-32-30(20)29)21-15-16-25-24(18-21)23-9-6-12-28-31(23)33(25)26-10-4-5-11-27(26)34-28/h3-18H,1-2H2/b29-22-. The summed E-state index contributed by atoms with van der Waals surface area (Å²) >= 11 is 0. The molecule has 3 nitrogen and oxygen atoms in total. The molecule has 7 rings (SSSR count). The van der Waals surface area contributed by atoms with Crippen molar-refractivity contribution in [2.75, 3.05) is 0 Å². The molecule has 6 aromatic rings. The first kappa shape index (κ1) is 18.9. The maximum absolute atomic E-state index is 6.25. The molecule has 3 heteroatoms. The molecule has 0 N–H and O–H groups in total. The van der Waals surface area contributed by atoms with E-state index in [0.29, 0.717) is 0 Å². The molecule has 0 saturated carbocycles. The Balaban J connectivity index is 1.61. The lowest BCUT2D eigenvalue weighted by Crippen LogP contribution is -2.27. The van der Waals surface area contributed by atoms with Crippen LogP contribution in [0.2, 0.25) is 0 Å². The van der Waals surface area contributed by atoms with Crippen molar-refractivity contribution in [3.05, 3.63) is 120 Å². The lowest BCUT2D eigenvalue weighted by Gasteiger charge is -2.20. The Kier molecular flexibility index (Phi) is 3.85. The number of rotatable bonds is 2. The normalized spacial score (nSPS) is 13.1. The van der Waals surface area contributed by atoms with Crippen LogP contribution in [-0.2, 0) is 0 Å². The van der Waals surface area contributed by atoms with Crippen molar-refractivity contribution in [2.45, 2.75) is 0 Å². The molecule has 1 aliphatic heterocycles. The summed E-state index contributed by atoms with van der Waals surface area (Å²) in [5.74, 6) is 1.74. The van der Waals surface area contributed by atoms with Crippen molar-refractivity contribution in [2.24, 2.45) is 0 Å². The highest BCUT2D eigenvalue weighted by molar-refractivity contribution is 6.13. The number of nitrogens with zero attached hydrogens (tertiary/aromatic N) is 2. The van der Waals surface area contributed by atoms with Crippen LogP contribution < -0.4 is 15.2 Å². The fraction of sp³-hybridized carbons (Fsp3) is 0. The van der Waals surface area contributed by atoms with E-state index in [1.165, 1.54) is 5.39 Å². The van der Waals surface area contributed by atoms with E-state index in [0.717, 1.165) is 66.1 Å². The Morgan fingerprint density at radius 2 is 1.74 bits per heavy atom. The predicted octanol–water partition coefficient (Wildman–Crippen LogP) is 6.23. The van der Waals surface area contributed by atoms with Gasteiger partial charge in [-0.15, -0.1) is 0 Å². The molecule has 1 aliphatic rings. The molecule has 0 amide bonds. The fourth-order valence-corrected chi connectivity index (χ4v) is 5.24. The molecule has 0 spiro atoms. The van der Waals surface area contributed by atoms with Crippen molar-refractivity contribution >= 4 is 44.9 Å². The predicted molar refractivity (Wildman–Crippen MR) is 140 cm³/mol. The zero-order chi connectivity index (χ0) is 22.8. The van der Waals surface area contributed by atoms with Crippen molar-refractivity contribution in [3.8, 4) is 17.2 Å². The van der Waals surface area contributed by atoms with Crippen LogP contribution in [0.3, 0.4) is 0 Å². The molecule has 0 bridgehead atoms. The van der Waals surface area contributed by atoms with Gasteiger partial charge in [0.2, 0.25) is 0 Å². The van der Waals surface area contributed by atoms with Crippen LogP contribution in [0.5, 0.6) is 11.5 Å². The van der Waals surface area contributed by atoms with Gasteiger partial charge >= 0.3 is 0 Å². The minimum absolute atomic E-state index is 0.867. The fourth-order valence-electron chi connectivity index (χ4n) is 5.24. The molecular formula is C31H20N2O. The van der Waals surface area contributed by atoms with Crippen LogP contribution in [0.25, 0.3) is 50.5 Å². The van der Waals surface area contributed by atoms with Crippen LogP contribution in [0.1, 0.15) is 5.56 Å². The molecule has 0 fully saturated rings. The van der Waals surface area contributed by atoms with Gasteiger partial charge in [-0.2, -0.15) is 0 Å². The number of pyridine rings is 1. The van der Waals surface area contributed by atoms with Gasteiger partial charge < -0.3 is 9.30 Å². The number of benzene rings is 4. The first-order chi connectivity index (χ1) is 16.7. The Bertz CT molecular complexity index is 1930. The Hall–Kier alpha value is -4.63. The smallest absolute Gasteiger partial charge is 0.152 e. The summed E-state index contributed by atoms with van der Waals surface area (Å²) in [6.07, 6.45) is 3.75. The summed E-state index contributed by atoms with van der Waals surface area (Å²) in [6.45, 7) is 8.47. The third kappa shape index (κ3) is 2.49. The van der Waals surface area contributed by atoms with Gasteiger partial charge in [0.05, 0.1) is 22.2 Å². The molecule has 0 radical (unpaired) electrons. The number of hydrogen-bond donors (Lipinski definition) is 0. The van der Waals surface area contributed by atoms with E-state index in [4.69, 9.17) is 4.74 Å².